The quantitative estimate of drug-likeness (QED) is 0.620. The minimum atomic E-state index is -1.27. The molecule has 1 heterocycles. The number of methoxy groups -OCH3 is 2. The molecule has 1 rings (SSSR count). The average Bonchev–Trinajstić information content (AvgIpc) is 2.40. The van der Waals surface area contributed by atoms with Crippen LogP contribution in [0.15, 0.2) is 15.8 Å². The minimum absolute atomic E-state index is 0.337. The number of esters is 2. The van der Waals surface area contributed by atoms with Crippen molar-refractivity contribution in [3.8, 4) is 0 Å². The van der Waals surface area contributed by atoms with Crippen molar-refractivity contribution in [2.24, 2.45) is 0 Å². The fraction of sp³-hybridized carbons (Fsp3) is 0.400. The molecule has 0 radical (unpaired) electrons. The van der Waals surface area contributed by atoms with Crippen molar-refractivity contribution in [3.05, 3.63) is 32.9 Å². The smallest absolute Gasteiger partial charge is 0.332 e. The molecule has 0 bridgehead atoms. The molecule has 0 aliphatic rings. The zero-order chi connectivity index (χ0) is 14.6. The van der Waals surface area contributed by atoms with Crippen molar-refractivity contribution in [1.82, 2.24) is 9.13 Å². The molecule has 0 unspecified atom stereocenters. The molecule has 0 aliphatic carbocycles. The van der Waals surface area contributed by atoms with E-state index in [1.807, 2.05) is 0 Å². The van der Waals surface area contributed by atoms with Gasteiger partial charge in [-0.05, 0) is 0 Å². The van der Waals surface area contributed by atoms with E-state index in [1.165, 1.54) is 0 Å². The van der Waals surface area contributed by atoms with Crippen LogP contribution in [0, 0.1) is 5.82 Å². The van der Waals surface area contributed by atoms with Crippen LogP contribution < -0.4 is 11.2 Å². The van der Waals surface area contributed by atoms with Crippen molar-refractivity contribution < 1.29 is 23.5 Å². The standard InChI is InChI=1S/C10H11FN2O6/c1-18-7(14)4-12-3-6(11)9(16)13(10(12)17)5-8(15)19-2/h3H,4-5H2,1-2H3. The number of carbonyl (C=O) groups is 2. The molecule has 9 heteroatoms. The first kappa shape index (κ1) is 14.6. The van der Waals surface area contributed by atoms with Crippen molar-refractivity contribution >= 4 is 11.9 Å². The van der Waals surface area contributed by atoms with E-state index >= 15 is 0 Å². The van der Waals surface area contributed by atoms with Gasteiger partial charge in [-0.3, -0.25) is 19.0 Å². The fourth-order valence-electron chi connectivity index (χ4n) is 1.27. The number of ether oxygens (including phenoxy) is 2. The van der Waals surface area contributed by atoms with Crippen molar-refractivity contribution in [3.63, 3.8) is 0 Å². The van der Waals surface area contributed by atoms with Crippen LogP contribution in [-0.2, 0) is 32.2 Å². The van der Waals surface area contributed by atoms with Gasteiger partial charge in [0.25, 0.3) is 5.56 Å². The lowest BCUT2D eigenvalue weighted by Crippen LogP contribution is -2.43. The van der Waals surface area contributed by atoms with Crippen LogP contribution in [0.4, 0.5) is 4.39 Å². The van der Waals surface area contributed by atoms with E-state index < -0.39 is 42.1 Å². The molecule has 0 spiro atoms. The van der Waals surface area contributed by atoms with E-state index in [-0.39, 0.29) is 0 Å². The summed E-state index contributed by atoms with van der Waals surface area (Å²) in [6.07, 6.45) is 0.579. The fourth-order valence-corrected chi connectivity index (χ4v) is 1.27. The van der Waals surface area contributed by atoms with E-state index in [1.54, 1.807) is 0 Å². The first-order valence-electron chi connectivity index (χ1n) is 5.04. The third-order valence-electron chi connectivity index (χ3n) is 2.24. The zero-order valence-electron chi connectivity index (χ0n) is 10.2. The van der Waals surface area contributed by atoms with Gasteiger partial charge in [0.15, 0.2) is 0 Å². The summed E-state index contributed by atoms with van der Waals surface area (Å²) >= 11 is 0. The first-order chi connectivity index (χ1) is 8.90. The van der Waals surface area contributed by atoms with E-state index in [4.69, 9.17) is 0 Å². The molecule has 19 heavy (non-hydrogen) atoms. The van der Waals surface area contributed by atoms with E-state index in [0.29, 0.717) is 15.3 Å². The van der Waals surface area contributed by atoms with Crippen molar-refractivity contribution in [2.45, 2.75) is 13.1 Å². The van der Waals surface area contributed by atoms with E-state index in [0.717, 1.165) is 14.2 Å². The highest BCUT2D eigenvalue weighted by molar-refractivity contribution is 5.69. The summed E-state index contributed by atoms with van der Waals surface area (Å²) in [7, 11) is 2.15. The molecule has 0 atom stereocenters. The second-order valence-corrected chi connectivity index (χ2v) is 3.43. The molecular weight excluding hydrogens is 263 g/mol. The Morgan fingerprint density at radius 2 is 1.68 bits per heavy atom. The van der Waals surface area contributed by atoms with Crippen LogP contribution >= 0.6 is 0 Å². The number of halogens is 1. The number of carbonyl (C=O) groups excluding carboxylic acids is 2. The highest BCUT2D eigenvalue weighted by atomic mass is 19.1. The molecular formula is C10H11FN2O6. The lowest BCUT2D eigenvalue weighted by atomic mass is 10.5. The van der Waals surface area contributed by atoms with Gasteiger partial charge >= 0.3 is 17.6 Å². The van der Waals surface area contributed by atoms with Crippen molar-refractivity contribution in [1.29, 1.82) is 0 Å². The summed E-state index contributed by atoms with van der Waals surface area (Å²) in [6.45, 7) is -1.32. The lowest BCUT2D eigenvalue weighted by Gasteiger charge is -2.08. The number of hydrogen-bond acceptors (Lipinski definition) is 6. The minimum Gasteiger partial charge on any atom is -0.468 e. The molecule has 0 amide bonds. The van der Waals surface area contributed by atoms with E-state index in [2.05, 4.69) is 9.47 Å². The number of rotatable bonds is 4. The second-order valence-electron chi connectivity index (χ2n) is 3.43. The Labute approximate surface area is 106 Å². The third-order valence-corrected chi connectivity index (χ3v) is 2.24. The molecule has 0 saturated carbocycles. The monoisotopic (exact) mass is 274 g/mol. The van der Waals surface area contributed by atoms with Gasteiger partial charge < -0.3 is 9.47 Å². The topological polar surface area (TPSA) is 96.6 Å². The summed E-state index contributed by atoms with van der Waals surface area (Å²) in [5.41, 5.74) is -2.28. The Balaban J connectivity index is 3.30. The summed E-state index contributed by atoms with van der Waals surface area (Å²) in [5.74, 6) is -2.97. The van der Waals surface area contributed by atoms with Gasteiger partial charge in [0.1, 0.15) is 13.1 Å². The Morgan fingerprint density at radius 1 is 1.16 bits per heavy atom. The van der Waals surface area contributed by atoms with Gasteiger partial charge in [0.05, 0.1) is 20.4 Å². The molecule has 0 aromatic carbocycles. The molecule has 1 aromatic heterocycles. The van der Waals surface area contributed by atoms with Crippen LogP contribution in [0.1, 0.15) is 0 Å². The highest BCUT2D eigenvalue weighted by Gasteiger charge is 2.16. The molecule has 104 valence electrons. The van der Waals surface area contributed by atoms with Gasteiger partial charge in [-0.2, -0.15) is 4.39 Å². The lowest BCUT2D eigenvalue weighted by molar-refractivity contribution is -0.141. The zero-order valence-corrected chi connectivity index (χ0v) is 10.2. The predicted octanol–water partition coefficient (Wildman–Crippen LogP) is -1.50. The van der Waals surface area contributed by atoms with Crippen LogP contribution in [0.5, 0.6) is 0 Å². The van der Waals surface area contributed by atoms with Gasteiger partial charge in [-0.15, -0.1) is 0 Å². The maximum atomic E-state index is 13.3. The molecule has 0 saturated heterocycles. The Morgan fingerprint density at radius 3 is 2.21 bits per heavy atom. The maximum absolute atomic E-state index is 13.3. The van der Waals surface area contributed by atoms with Crippen LogP contribution in [0.25, 0.3) is 0 Å². The maximum Gasteiger partial charge on any atom is 0.332 e. The van der Waals surface area contributed by atoms with Crippen LogP contribution in [0.3, 0.4) is 0 Å². The summed E-state index contributed by atoms with van der Waals surface area (Å²) in [6, 6.07) is 0. The summed E-state index contributed by atoms with van der Waals surface area (Å²) in [5, 5.41) is 0. The summed E-state index contributed by atoms with van der Waals surface area (Å²) < 4.78 is 22.9. The highest BCUT2D eigenvalue weighted by Crippen LogP contribution is 1.89. The Hall–Kier alpha value is -2.45. The molecule has 8 nitrogen and oxygen atoms in total. The number of hydrogen-bond donors (Lipinski definition) is 0. The largest absolute Gasteiger partial charge is 0.468 e. The molecule has 0 fully saturated rings. The third kappa shape index (κ3) is 3.27. The van der Waals surface area contributed by atoms with Gasteiger partial charge in [0, 0.05) is 0 Å². The average molecular weight is 274 g/mol. The molecule has 0 aliphatic heterocycles. The van der Waals surface area contributed by atoms with Crippen LogP contribution in [0.2, 0.25) is 0 Å². The van der Waals surface area contributed by atoms with Gasteiger partial charge in [0.2, 0.25) is 5.82 Å². The molecule has 0 N–H and O–H groups in total. The van der Waals surface area contributed by atoms with Gasteiger partial charge in [-0.25, -0.2) is 9.36 Å². The first-order valence-corrected chi connectivity index (χ1v) is 5.04. The van der Waals surface area contributed by atoms with E-state index in [9.17, 15) is 23.6 Å². The number of aromatic nitrogens is 2. The SMILES string of the molecule is COC(=O)Cn1cc(F)c(=O)n(CC(=O)OC)c1=O. The second kappa shape index (κ2) is 5.94. The Bertz CT molecular complexity index is 617. The number of nitrogens with zero attached hydrogens (tertiary/aromatic N) is 2. The Kier molecular flexibility index (Phi) is 4.56. The van der Waals surface area contributed by atoms with Crippen molar-refractivity contribution in [2.75, 3.05) is 14.2 Å². The molecule has 1 aromatic rings. The van der Waals surface area contributed by atoms with Crippen LogP contribution in [-0.4, -0.2) is 35.3 Å². The normalized spacial score (nSPS) is 10.1. The summed E-state index contributed by atoms with van der Waals surface area (Å²) in [4.78, 5) is 45.3. The predicted molar refractivity (Wildman–Crippen MR) is 59.0 cm³/mol. The van der Waals surface area contributed by atoms with Gasteiger partial charge in [-0.1, -0.05) is 0 Å².